The molecule has 2 aromatic rings. The number of hydrogen-bond acceptors (Lipinski definition) is 3. The molecule has 1 aromatic heterocycles. The quantitative estimate of drug-likeness (QED) is 0.754. The van der Waals surface area contributed by atoms with Crippen LogP contribution in [0.3, 0.4) is 0 Å². The van der Waals surface area contributed by atoms with Crippen molar-refractivity contribution < 1.29 is 0 Å². The summed E-state index contributed by atoms with van der Waals surface area (Å²) in [7, 11) is 0. The number of hydrogen-bond donors (Lipinski definition) is 2. The van der Waals surface area contributed by atoms with E-state index >= 15 is 0 Å². The molecular formula is C13H15N3. The van der Waals surface area contributed by atoms with Crippen molar-refractivity contribution >= 4 is 22.1 Å². The number of fused-ring (bicyclic) bond motifs is 1. The molecule has 0 aliphatic heterocycles. The van der Waals surface area contributed by atoms with Gasteiger partial charge in [0.25, 0.3) is 0 Å². The number of benzene rings is 1. The van der Waals surface area contributed by atoms with Crippen LogP contribution in [0.1, 0.15) is 19.3 Å². The molecule has 1 aliphatic rings. The SMILES string of the molecule is Nc1c(NC2CCC2)ccc2cnccc12. The molecule has 1 aliphatic carbocycles. The Balaban J connectivity index is 2.01. The molecule has 3 rings (SSSR count). The van der Waals surface area contributed by atoms with Crippen molar-refractivity contribution in [2.75, 3.05) is 11.1 Å². The molecule has 0 unspecified atom stereocenters. The van der Waals surface area contributed by atoms with Crippen molar-refractivity contribution in [3.8, 4) is 0 Å². The summed E-state index contributed by atoms with van der Waals surface area (Å²) in [6.07, 6.45) is 7.47. The van der Waals surface area contributed by atoms with Gasteiger partial charge in [-0.15, -0.1) is 0 Å². The third-order valence-corrected chi connectivity index (χ3v) is 3.33. The Labute approximate surface area is 94.7 Å². The molecule has 1 heterocycles. The van der Waals surface area contributed by atoms with Gasteiger partial charge in [0, 0.05) is 29.2 Å². The smallest absolute Gasteiger partial charge is 0.0630 e. The maximum atomic E-state index is 6.16. The summed E-state index contributed by atoms with van der Waals surface area (Å²) in [6, 6.07) is 6.70. The summed E-state index contributed by atoms with van der Waals surface area (Å²) in [6.45, 7) is 0. The molecule has 0 atom stereocenters. The van der Waals surface area contributed by atoms with Gasteiger partial charge >= 0.3 is 0 Å². The third kappa shape index (κ3) is 1.48. The fourth-order valence-corrected chi connectivity index (χ4v) is 2.09. The molecular weight excluding hydrogens is 198 g/mol. The zero-order valence-electron chi connectivity index (χ0n) is 9.11. The van der Waals surface area contributed by atoms with Crippen LogP contribution in [0.2, 0.25) is 0 Å². The van der Waals surface area contributed by atoms with E-state index in [1.165, 1.54) is 19.3 Å². The summed E-state index contributed by atoms with van der Waals surface area (Å²) in [4.78, 5) is 4.10. The summed E-state index contributed by atoms with van der Waals surface area (Å²) >= 11 is 0. The lowest BCUT2D eigenvalue weighted by molar-refractivity contribution is 0.446. The Morgan fingerprint density at radius 3 is 2.88 bits per heavy atom. The minimum atomic E-state index is 0.613. The van der Waals surface area contributed by atoms with Gasteiger partial charge in [0.15, 0.2) is 0 Å². The highest BCUT2D eigenvalue weighted by atomic mass is 14.9. The van der Waals surface area contributed by atoms with Crippen molar-refractivity contribution in [1.82, 2.24) is 4.98 Å². The van der Waals surface area contributed by atoms with Gasteiger partial charge in [-0.2, -0.15) is 0 Å². The number of nitrogens with one attached hydrogen (secondary N) is 1. The largest absolute Gasteiger partial charge is 0.397 e. The first-order chi connectivity index (χ1) is 7.84. The molecule has 3 heteroatoms. The highest BCUT2D eigenvalue weighted by Crippen LogP contribution is 2.31. The first-order valence-corrected chi connectivity index (χ1v) is 5.73. The van der Waals surface area contributed by atoms with Crippen LogP contribution >= 0.6 is 0 Å². The Morgan fingerprint density at radius 1 is 1.25 bits per heavy atom. The fraction of sp³-hybridized carbons (Fsp3) is 0.308. The molecule has 1 aromatic carbocycles. The van der Waals surface area contributed by atoms with Gasteiger partial charge in [0.2, 0.25) is 0 Å². The molecule has 3 N–H and O–H groups in total. The van der Waals surface area contributed by atoms with E-state index < -0.39 is 0 Å². The molecule has 3 nitrogen and oxygen atoms in total. The van der Waals surface area contributed by atoms with Crippen LogP contribution < -0.4 is 11.1 Å². The number of aromatic nitrogens is 1. The molecule has 0 radical (unpaired) electrons. The second-order valence-corrected chi connectivity index (χ2v) is 4.40. The molecule has 0 bridgehead atoms. The highest BCUT2D eigenvalue weighted by Gasteiger charge is 2.18. The van der Waals surface area contributed by atoms with Gasteiger partial charge in [-0.25, -0.2) is 0 Å². The van der Waals surface area contributed by atoms with Crippen LogP contribution in [0.4, 0.5) is 11.4 Å². The van der Waals surface area contributed by atoms with Gasteiger partial charge in [0.05, 0.1) is 11.4 Å². The van der Waals surface area contributed by atoms with E-state index in [-0.39, 0.29) is 0 Å². The second kappa shape index (κ2) is 3.67. The van der Waals surface area contributed by atoms with Crippen molar-refractivity contribution in [2.45, 2.75) is 25.3 Å². The zero-order chi connectivity index (χ0) is 11.0. The van der Waals surface area contributed by atoms with E-state index in [0.717, 1.165) is 22.1 Å². The Bertz CT molecular complexity index is 518. The van der Waals surface area contributed by atoms with Crippen LogP contribution in [0.25, 0.3) is 10.8 Å². The topological polar surface area (TPSA) is 50.9 Å². The van der Waals surface area contributed by atoms with Crippen molar-refractivity contribution in [3.05, 3.63) is 30.6 Å². The van der Waals surface area contributed by atoms with E-state index in [2.05, 4.69) is 22.4 Å². The normalized spacial score (nSPS) is 16.0. The number of anilines is 2. The fourth-order valence-electron chi connectivity index (χ4n) is 2.09. The minimum absolute atomic E-state index is 0.613. The molecule has 1 saturated carbocycles. The standard InChI is InChI=1S/C13H15N3/c14-13-11-6-7-15-8-9(11)4-5-12(13)16-10-2-1-3-10/h4-8,10,16H,1-3,14H2. The number of rotatable bonds is 2. The maximum absolute atomic E-state index is 6.16. The van der Waals surface area contributed by atoms with Crippen molar-refractivity contribution in [2.24, 2.45) is 0 Å². The first kappa shape index (κ1) is 9.46. The van der Waals surface area contributed by atoms with E-state index in [1.807, 2.05) is 12.3 Å². The molecule has 0 amide bonds. The Kier molecular flexibility index (Phi) is 2.17. The number of pyridine rings is 1. The van der Waals surface area contributed by atoms with Crippen molar-refractivity contribution in [1.29, 1.82) is 0 Å². The third-order valence-electron chi connectivity index (χ3n) is 3.33. The lowest BCUT2D eigenvalue weighted by Crippen LogP contribution is -2.27. The van der Waals surface area contributed by atoms with Gasteiger partial charge < -0.3 is 11.1 Å². The number of nitrogens with two attached hydrogens (primary N) is 1. The summed E-state index contributed by atoms with van der Waals surface area (Å²) in [5, 5.41) is 5.67. The Hall–Kier alpha value is -1.77. The zero-order valence-corrected chi connectivity index (χ0v) is 9.11. The average molecular weight is 213 g/mol. The summed E-state index contributed by atoms with van der Waals surface area (Å²) in [5.41, 5.74) is 8.05. The summed E-state index contributed by atoms with van der Waals surface area (Å²) < 4.78 is 0. The average Bonchev–Trinajstić information content (AvgIpc) is 2.26. The van der Waals surface area contributed by atoms with Gasteiger partial charge in [0.1, 0.15) is 0 Å². The second-order valence-electron chi connectivity index (χ2n) is 4.40. The van der Waals surface area contributed by atoms with E-state index in [0.29, 0.717) is 6.04 Å². The van der Waals surface area contributed by atoms with E-state index in [1.54, 1.807) is 6.20 Å². The van der Waals surface area contributed by atoms with Crippen LogP contribution in [-0.4, -0.2) is 11.0 Å². The molecule has 82 valence electrons. The van der Waals surface area contributed by atoms with E-state index in [9.17, 15) is 0 Å². The molecule has 1 fully saturated rings. The van der Waals surface area contributed by atoms with Crippen LogP contribution in [-0.2, 0) is 0 Å². The lowest BCUT2D eigenvalue weighted by Gasteiger charge is -2.28. The maximum Gasteiger partial charge on any atom is 0.0630 e. The van der Waals surface area contributed by atoms with Gasteiger partial charge in [-0.05, 0) is 31.4 Å². The predicted molar refractivity (Wildman–Crippen MR) is 67.4 cm³/mol. The van der Waals surface area contributed by atoms with Gasteiger partial charge in [-0.1, -0.05) is 6.07 Å². The Morgan fingerprint density at radius 2 is 2.12 bits per heavy atom. The van der Waals surface area contributed by atoms with Crippen LogP contribution in [0.5, 0.6) is 0 Å². The lowest BCUT2D eigenvalue weighted by atomic mass is 9.92. The predicted octanol–water partition coefficient (Wildman–Crippen LogP) is 2.78. The highest BCUT2D eigenvalue weighted by molar-refractivity contribution is 5.98. The van der Waals surface area contributed by atoms with Gasteiger partial charge in [-0.3, -0.25) is 4.98 Å². The first-order valence-electron chi connectivity index (χ1n) is 5.73. The molecule has 0 saturated heterocycles. The number of nitrogen functional groups attached to an aromatic ring is 1. The molecule has 16 heavy (non-hydrogen) atoms. The minimum Gasteiger partial charge on any atom is -0.397 e. The summed E-state index contributed by atoms with van der Waals surface area (Å²) in [5.74, 6) is 0. The monoisotopic (exact) mass is 213 g/mol. The van der Waals surface area contributed by atoms with E-state index in [4.69, 9.17) is 5.73 Å². The molecule has 0 spiro atoms. The number of nitrogens with zero attached hydrogens (tertiary/aromatic N) is 1. The van der Waals surface area contributed by atoms with Crippen LogP contribution in [0, 0.1) is 0 Å². The van der Waals surface area contributed by atoms with Crippen LogP contribution in [0.15, 0.2) is 30.6 Å². The van der Waals surface area contributed by atoms with Crippen molar-refractivity contribution in [3.63, 3.8) is 0 Å².